The predicted molar refractivity (Wildman–Crippen MR) is 83.6 cm³/mol. The van der Waals surface area contributed by atoms with Gasteiger partial charge in [0.2, 0.25) is 0 Å². The van der Waals surface area contributed by atoms with Gasteiger partial charge in [-0.15, -0.1) is 0 Å². The van der Waals surface area contributed by atoms with Gasteiger partial charge in [0.1, 0.15) is 0 Å². The Morgan fingerprint density at radius 3 is 2.11 bits per heavy atom. The van der Waals surface area contributed by atoms with Gasteiger partial charge in [-0.05, 0) is 35.9 Å². The minimum Gasteiger partial charge on any atom is -0.398 e. The standard InChI is InChI=1S/C13H11Br2NO2S/c14-10-3-1-9(2-4-10)8-19(17,18)13-6-5-11(15)7-12(13)16/h1-7H,8,16H2. The van der Waals surface area contributed by atoms with E-state index < -0.39 is 9.84 Å². The van der Waals surface area contributed by atoms with Gasteiger partial charge in [0, 0.05) is 8.95 Å². The summed E-state index contributed by atoms with van der Waals surface area (Å²) < 4.78 is 26.3. The second-order valence-corrected chi connectivity index (χ2v) is 7.86. The Kier molecular flexibility index (Phi) is 4.32. The maximum absolute atomic E-state index is 12.3. The average molecular weight is 405 g/mol. The summed E-state index contributed by atoms with van der Waals surface area (Å²) in [5.41, 5.74) is 6.75. The van der Waals surface area contributed by atoms with Crippen LogP contribution in [0.25, 0.3) is 0 Å². The van der Waals surface area contributed by atoms with E-state index >= 15 is 0 Å². The summed E-state index contributed by atoms with van der Waals surface area (Å²) in [6.45, 7) is 0. The molecule has 0 fully saturated rings. The molecule has 2 N–H and O–H groups in total. The smallest absolute Gasteiger partial charge is 0.184 e. The number of nitrogen functional groups attached to an aromatic ring is 1. The summed E-state index contributed by atoms with van der Waals surface area (Å²) in [5.74, 6) is -0.0634. The number of rotatable bonds is 3. The topological polar surface area (TPSA) is 60.2 Å². The lowest BCUT2D eigenvalue weighted by atomic mass is 10.2. The van der Waals surface area contributed by atoms with E-state index in [1.54, 1.807) is 24.3 Å². The molecule has 0 atom stereocenters. The van der Waals surface area contributed by atoms with Gasteiger partial charge in [0.15, 0.2) is 9.84 Å². The van der Waals surface area contributed by atoms with Crippen molar-refractivity contribution in [3.05, 3.63) is 57.0 Å². The Hall–Kier alpha value is -0.850. The molecule has 19 heavy (non-hydrogen) atoms. The van der Waals surface area contributed by atoms with Gasteiger partial charge >= 0.3 is 0 Å². The molecule has 0 radical (unpaired) electrons. The summed E-state index contributed by atoms with van der Waals surface area (Å²) in [7, 11) is -3.43. The lowest BCUT2D eigenvalue weighted by molar-refractivity contribution is 0.595. The molecule has 0 saturated carbocycles. The lowest BCUT2D eigenvalue weighted by Crippen LogP contribution is -2.07. The van der Waals surface area contributed by atoms with Crippen molar-refractivity contribution in [2.75, 3.05) is 5.73 Å². The zero-order valence-electron chi connectivity index (χ0n) is 9.81. The highest BCUT2D eigenvalue weighted by Crippen LogP contribution is 2.26. The number of benzene rings is 2. The number of nitrogens with two attached hydrogens (primary N) is 1. The Morgan fingerprint density at radius 1 is 0.947 bits per heavy atom. The number of hydrogen-bond acceptors (Lipinski definition) is 3. The number of halogens is 2. The van der Waals surface area contributed by atoms with E-state index in [0.29, 0.717) is 0 Å². The van der Waals surface area contributed by atoms with E-state index in [-0.39, 0.29) is 16.3 Å². The van der Waals surface area contributed by atoms with Crippen molar-refractivity contribution in [1.29, 1.82) is 0 Å². The van der Waals surface area contributed by atoms with Crippen LogP contribution in [0, 0.1) is 0 Å². The first-order chi connectivity index (χ1) is 8.88. The van der Waals surface area contributed by atoms with E-state index in [2.05, 4.69) is 31.9 Å². The molecule has 0 aromatic heterocycles. The van der Waals surface area contributed by atoms with E-state index in [1.165, 1.54) is 6.07 Å². The van der Waals surface area contributed by atoms with Crippen molar-refractivity contribution < 1.29 is 8.42 Å². The first-order valence-corrected chi connectivity index (χ1v) is 8.64. The van der Waals surface area contributed by atoms with E-state index in [9.17, 15) is 8.42 Å². The SMILES string of the molecule is Nc1cc(Br)ccc1S(=O)(=O)Cc1ccc(Br)cc1. The maximum atomic E-state index is 12.3. The van der Waals surface area contributed by atoms with Crippen molar-refractivity contribution in [2.24, 2.45) is 0 Å². The molecular formula is C13H11Br2NO2S. The molecule has 6 heteroatoms. The molecule has 0 saturated heterocycles. The lowest BCUT2D eigenvalue weighted by Gasteiger charge is -2.08. The van der Waals surface area contributed by atoms with Crippen LogP contribution in [0.2, 0.25) is 0 Å². The Labute approximate surface area is 129 Å². The van der Waals surface area contributed by atoms with E-state index in [1.807, 2.05) is 12.1 Å². The minimum atomic E-state index is -3.43. The third kappa shape index (κ3) is 3.58. The van der Waals surface area contributed by atoms with Crippen LogP contribution in [0.15, 0.2) is 56.3 Å². The molecule has 0 unspecified atom stereocenters. The Balaban J connectivity index is 2.35. The van der Waals surface area contributed by atoms with Crippen LogP contribution >= 0.6 is 31.9 Å². The van der Waals surface area contributed by atoms with Crippen LogP contribution in [0.3, 0.4) is 0 Å². The summed E-state index contributed by atoms with van der Waals surface area (Å²) in [5, 5.41) is 0. The second-order valence-electron chi connectivity index (χ2n) is 4.07. The van der Waals surface area contributed by atoms with E-state index in [4.69, 9.17) is 5.73 Å². The highest BCUT2D eigenvalue weighted by molar-refractivity contribution is 9.10. The first-order valence-electron chi connectivity index (χ1n) is 5.41. The molecule has 0 aliphatic heterocycles. The van der Waals surface area contributed by atoms with Gasteiger partial charge in [0.05, 0.1) is 16.3 Å². The van der Waals surface area contributed by atoms with E-state index in [0.717, 1.165) is 14.5 Å². The van der Waals surface area contributed by atoms with Crippen LogP contribution in [0.5, 0.6) is 0 Å². The molecule has 2 aromatic rings. The highest BCUT2D eigenvalue weighted by atomic mass is 79.9. The van der Waals surface area contributed by atoms with Crippen LogP contribution in [0.1, 0.15) is 5.56 Å². The fraction of sp³-hybridized carbons (Fsp3) is 0.0769. The van der Waals surface area contributed by atoms with Gasteiger partial charge < -0.3 is 5.73 Å². The molecule has 2 rings (SSSR count). The van der Waals surface area contributed by atoms with Gasteiger partial charge in [0.25, 0.3) is 0 Å². The van der Waals surface area contributed by atoms with Crippen molar-refractivity contribution in [3.8, 4) is 0 Å². The summed E-state index contributed by atoms with van der Waals surface area (Å²) in [6, 6.07) is 12.0. The molecule has 0 aliphatic carbocycles. The van der Waals surface area contributed by atoms with Crippen molar-refractivity contribution in [1.82, 2.24) is 0 Å². The molecule has 3 nitrogen and oxygen atoms in total. The van der Waals surface area contributed by atoms with Crippen LogP contribution in [0.4, 0.5) is 5.69 Å². The van der Waals surface area contributed by atoms with Crippen molar-refractivity contribution in [2.45, 2.75) is 10.6 Å². The zero-order chi connectivity index (χ0) is 14.0. The summed E-state index contributed by atoms with van der Waals surface area (Å²) in [6.07, 6.45) is 0. The second kappa shape index (κ2) is 5.64. The molecule has 0 bridgehead atoms. The van der Waals surface area contributed by atoms with Gasteiger partial charge in [-0.1, -0.05) is 44.0 Å². The zero-order valence-corrected chi connectivity index (χ0v) is 13.8. The predicted octanol–water partition coefficient (Wildman–Crippen LogP) is 3.77. The molecule has 100 valence electrons. The Morgan fingerprint density at radius 2 is 1.53 bits per heavy atom. The number of sulfone groups is 1. The average Bonchev–Trinajstić information content (AvgIpc) is 2.31. The van der Waals surface area contributed by atoms with Gasteiger partial charge in [-0.25, -0.2) is 8.42 Å². The number of hydrogen-bond donors (Lipinski definition) is 1. The van der Waals surface area contributed by atoms with Gasteiger partial charge in [-0.3, -0.25) is 0 Å². The van der Waals surface area contributed by atoms with Crippen molar-refractivity contribution >= 4 is 47.4 Å². The fourth-order valence-corrected chi connectivity index (χ4v) is 3.80. The van der Waals surface area contributed by atoms with Crippen LogP contribution < -0.4 is 5.73 Å². The third-order valence-corrected chi connectivity index (χ3v) is 5.35. The maximum Gasteiger partial charge on any atom is 0.184 e. The molecule has 0 amide bonds. The minimum absolute atomic E-state index is 0.0634. The normalized spacial score (nSPS) is 11.5. The largest absolute Gasteiger partial charge is 0.398 e. The Bertz CT molecular complexity index is 697. The highest BCUT2D eigenvalue weighted by Gasteiger charge is 2.18. The fourth-order valence-electron chi connectivity index (χ4n) is 1.68. The molecule has 0 aliphatic rings. The summed E-state index contributed by atoms with van der Waals surface area (Å²) >= 11 is 6.57. The monoisotopic (exact) mass is 403 g/mol. The first kappa shape index (κ1) is 14.6. The quantitative estimate of drug-likeness (QED) is 0.792. The molecule has 0 spiro atoms. The van der Waals surface area contributed by atoms with Crippen LogP contribution in [-0.2, 0) is 15.6 Å². The molecular weight excluding hydrogens is 394 g/mol. The van der Waals surface area contributed by atoms with Gasteiger partial charge in [-0.2, -0.15) is 0 Å². The molecule has 2 aromatic carbocycles. The number of anilines is 1. The van der Waals surface area contributed by atoms with Crippen LogP contribution in [-0.4, -0.2) is 8.42 Å². The summed E-state index contributed by atoms with van der Waals surface area (Å²) in [4.78, 5) is 0.165. The third-order valence-electron chi connectivity index (χ3n) is 2.58. The van der Waals surface area contributed by atoms with Crippen molar-refractivity contribution in [3.63, 3.8) is 0 Å². The molecule has 0 heterocycles.